The lowest BCUT2D eigenvalue weighted by molar-refractivity contribution is 1.32. The van der Waals surface area contributed by atoms with Gasteiger partial charge in [-0.05, 0) is 31.1 Å². The van der Waals surface area contributed by atoms with Crippen LogP contribution in [0.2, 0.25) is 0 Å². The van der Waals surface area contributed by atoms with Crippen LogP contribution in [0.5, 0.6) is 0 Å². The van der Waals surface area contributed by atoms with E-state index < -0.39 is 0 Å². The highest BCUT2D eigenvalue weighted by atomic mass is 14.6. The number of allylic oxidation sites excluding steroid dienone is 3. The van der Waals surface area contributed by atoms with Crippen LogP contribution in [0, 0.1) is 0 Å². The molecule has 0 saturated heterocycles. The summed E-state index contributed by atoms with van der Waals surface area (Å²) in [5.74, 6) is 0. The maximum atomic E-state index is 3.91. The van der Waals surface area contributed by atoms with E-state index in [2.05, 4.69) is 31.1 Å². The standard InChI is InChI=1S/C12H15N/c1-5-11(6-2)9(3)12-7-8-13-10(12)4/h5-8,13H,1,4H2,2-3H3/b11-6+,12-9+. The minimum Gasteiger partial charge on any atom is -0.362 e. The Morgan fingerprint density at radius 3 is 2.62 bits per heavy atom. The first kappa shape index (κ1) is 9.59. The number of nitrogens with one attached hydrogen (secondary N) is 1. The fourth-order valence-electron chi connectivity index (χ4n) is 1.40. The molecule has 0 fully saturated rings. The summed E-state index contributed by atoms with van der Waals surface area (Å²) in [6.07, 6.45) is 5.81. The van der Waals surface area contributed by atoms with Crippen molar-refractivity contribution in [2.24, 2.45) is 0 Å². The average molecular weight is 173 g/mol. The molecule has 0 unspecified atom stereocenters. The van der Waals surface area contributed by atoms with Gasteiger partial charge in [-0.25, -0.2) is 0 Å². The Balaban J connectivity index is 3.45. The van der Waals surface area contributed by atoms with Gasteiger partial charge in [0.25, 0.3) is 0 Å². The second-order valence-electron chi connectivity index (χ2n) is 2.94. The molecular formula is C12H15N. The van der Waals surface area contributed by atoms with Crippen LogP contribution in [0.4, 0.5) is 0 Å². The van der Waals surface area contributed by atoms with Gasteiger partial charge in [0, 0.05) is 16.8 Å². The molecule has 13 heavy (non-hydrogen) atoms. The van der Waals surface area contributed by atoms with Crippen molar-refractivity contribution in [1.29, 1.82) is 0 Å². The number of rotatable bonds is 2. The molecule has 1 N–H and O–H groups in total. The summed E-state index contributed by atoms with van der Waals surface area (Å²) in [7, 11) is 0. The van der Waals surface area contributed by atoms with Gasteiger partial charge in [0.15, 0.2) is 0 Å². The normalized spacial score (nSPS) is 14.2. The molecule has 0 aromatic carbocycles. The second-order valence-corrected chi connectivity index (χ2v) is 2.94. The van der Waals surface area contributed by atoms with E-state index in [-0.39, 0.29) is 0 Å². The van der Waals surface area contributed by atoms with E-state index in [4.69, 9.17) is 0 Å². The molecule has 0 aliphatic carbocycles. The minimum absolute atomic E-state index is 0.957. The molecule has 68 valence electrons. The van der Waals surface area contributed by atoms with Crippen molar-refractivity contribution in [2.45, 2.75) is 13.8 Å². The molecule has 1 aromatic heterocycles. The largest absolute Gasteiger partial charge is 0.362 e. The molecule has 1 aromatic rings. The van der Waals surface area contributed by atoms with Crippen molar-refractivity contribution in [1.82, 2.24) is 4.98 Å². The molecule has 1 rings (SSSR count). The van der Waals surface area contributed by atoms with Crippen molar-refractivity contribution in [3.05, 3.63) is 47.1 Å². The Morgan fingerprint density at radius 2 is 2.23 bits per heavy atom. The lowest BCUT2D eigenvalue weighted by Gasteiger charge is -1.99. The molecule has 0 bridgehead atoms. The predicted octanol–water partition coefficient (Wildman–Crippen LogP) is 1.73. The average Bonchev–Trinajstić information content (AvgIpc) is 2.53. The van der Waals surface area contributed by atoms with Crippen molar-refractivity contribution < 1.29 is 0 Å². The van der Waals surface area contributed by atoms with Crippen LogP contribution in [-0.4, -0.2) is 4.98 Å². The molecule has 1 heterocycles. The first-order valence-electron chi connectivity index (χ1n) is 4.33. The van der Waals surface area contributed by atoms with Crippen LogP contribution in [0.3, 0.4) is 0 Å². The van der Waals surface area contributed by atoms with Crippen molar-refractivity contribution in [3.63, 3.8) is 0 Å². The Kier molecular flexibility index (Phi) is 2.91. The van der Waals surface area contributed by atoms with Crippen molar-refractivity contribution >= 4 is 12.2 Å². The minimum atomic E-state index is 0.957. The Hall–Kier alpha value is -1.50. The predicted molar refractivity (Wildman–Crippen MR) is 58.6 cm³/mol. The molecule has 0 amide bonds. The van der Waals surface area contributed by atoms with Gasteiger partial charge >= 0.3 is 0 Å². The second kappa shape index (κ2) is 3.94. The summed E-state index contributed by atoms with van der Waals surface area (Å²) in [4.78, 5) is 3.06. The van der Waals surface area contributed by atoms with Gasteiger partial charge in [-0.1, -0.05) is 25.3 Å². The van der Waals surface area contributed by atoms with Crippen molar-refractivity contribution in [3.8, 4) is 0 Å². The molecule has 0 atom stereocenters. The van der Waals surface area contributed by atoms with E-state index >= 15 is 0 Å². The molecule has 0 saturated carbocycles. The zero-order valence-corrected chi connectivity index (χ0v) is 8.22. The zero-order chi connectivity index (χ0) is 9.84. The summed E-state index contributed by atoms with van der Waals surface area (Å²) < 4.78 is 0. The molecule has 0 aliphatic heterocycles. The third kappa shape index (κ3) is 1.81. The fourth-order valence-corrected chi connectivity index (χ4v) is 1.40. The third-order valence-corrected chi connectivity index (χ3v) is 2.20. The summed E-state index contributed by atoms with van der Waals surface area (Å²) in [6.45, 7) is 11.8. The number of hydrogen-bond donors (Lipinski definition) is 1. The first-order chi connectivity index (χ1) is 6.20. The van der Waals surface area contributed by atoms with E-state index in [0.717, 1.165) is 16.1 Å². The fraction of sp³-hybridized carbons (Fsp3) is 0.167. The maximum absolute atomic E-state index is 3.91. The Bertz CT molecular complexity index is 432. The number of hydrogen-bond acceptors (Lipinski definition) is 0. The summed E-state index contributed by atoms with van der Waals surface area (Å²) in [5.41, 5.74) is 2.37. The first-order valence-corrected chi connectivity index (χ1v) is 4.33. The quantitative estimate of drug-likeness (QED) is 0.655. The SMILES string of the molecule is C=CC(=C\C)/C(C)=c1\cc[nH]c1=C. The van der Waals surface area contributed by atoms with E-state index in [9.17, 15) is 0 Å². The van der Waals surface area contributed by atoms with Crippen LogP contribution in [0.1, 0.15) is 13.8 Å². The molecule has 0 aliphatic rings. The van der Waals surface area contributed by atoms with E-state index in [1.54, 1.807) is 0 Å². The van der Waals surface area contributed by atoms with E-state index in [1.807, 2.05) is 25.3 Å². The molecule has 0 radical (unpaired) electrons. The van der Waals surface area contributed by atoms with Gasteiger partial charge in [-0.15, -0.1) is 0 Å². The summed E-state index contributed by atoms with van der Waals surface area (Å²) >= 11 is 0. The van der Waals surface area contributed by atoms with Crippen LogP contribution in [0.25, 0.3) is 12.2 Å². The number of H-pyrrole nitrogens is 1. The van der Waals surface area contributed by atoms with Gasteiger partial charge in [-0.2, -0.15) is 0 Å². The highest BCUT2D eigenvalue weighted by Crippen LogP contribution is 2.08. The topological polar surface area (TPSA) is 15.8 Å². The zero-order valence-electron chi connectivity index (χ0n) is 8.22. The van der Waals surface area contributed by atoms with Crippen LogP contribution < -0.4 is 10.6 Å². The van der Waals surface area contributed by atoms with Crippen LogP contribution in [0.15, 0.2) is 36.6 Å². The lowest BCUT2D eigenvalue weighted by atomic mass is 10.1. The van der Waals surface area contributed by atoms with Gasteiger partial charge in [0.05, 0.1) is 0 Å². The monoisotopic (exact) mass is 173 g/mol. The third-order valence-electron chi connectivity index (χ3n) is 2.20. The van der Waals surface area contributed by atoms with Gasteiger partial charge in [0.2, 0.25) is 0 Å². The van der Waals surface area contributed by atoms with Gasteiger partial charge < -0.3 is 4.98 Å². The Morgan fingerprint density at radius 1 is 1.54 bits per heavy atom. The van der Waals surface area contributed by atoms with Gasteiger partial charge in [0.1, 0.15) is 0 Å². The van der Waals surface area contributed by atoms with Crippen molar-refractivity contribution in [2.75, 3.05) is 0 Å². The molecule has 1 nitrogen and oxygen atoms in total. The lowest BCUT2D eigenvalue weighted by Crippen LogP contribution is -2.22. The molecular weight excluding hydrogens is 158 g/mol. The summed E-state index contributed by atoms with van der Waals surface area (Å²) in [6, 6.07) is 2.03. The number of aromatic amines is 1. The summed E-state index contributed by atoms with van der Waals surface area (Å²) in [5, 5.41) is 2.12. The van der Waals surface area contributed by atoms with Crippen LogP contribution in [-0.2, 0) is 0 Å². The van der Waals surface area contributed by atoms with E-state index in [0.29, 0.717) is 0 Å². The highest BCUT2D eigenvalue weighted by molar-refractivity contribution is 5.65. The maximum Gasteiger partial charge on any atom is 0.0383 e. The smallest absolute Gasteiger partial charge is 0.0383 e. The van der Waals surface area contributed by atoms with Crippen LogP contribution >= 0.6 is 0 Å². The molecule has 1 heteroatoms. The van der Waals surface area contributed by atoms with Gasteiger partial charge in [-0.3, -0.25) is 0 Å². The van der Waals surface area contributed by atoms with E-state index in [1.165, 1.54) is 5.57 Å². The Labute approximate surface area is 78.8 Å². The number of aromatic nitrogens is 1. The highest BCUT2D eigenvalue weighted by Gasteiger charge is 1.95. The molecule has 0 spiro atoms.